The molecule has 2 aliphatic heterocycles. The number of ether oxygens (including phenoxy) is 2. The molecule has 1 atom stereocenters. The minimum absolute atomic E-state index is 0.178. The number of carboxylic acid groups (broad SMARTS) is 1. The highest BCUT2D eigenvalue weighted by Gasteiger charge is 2.25. The predicted molar refractivity (Wildman–Crippen MR) is 103 cm³/mol. The maximum absolute atomic E-state index is 13.0. The first-order valence-electron chi connectivity index (χ1n) is 9.17. The number of rotatable bonds is 8. The molecule has 1 saturated heterocycles. The Hall–Kier alpha value is -1.99. The van der Waals surface area contributed by atoms with Crippen molar-refractivity contribution in [2.45, 2.75) is 31.8 Å². The summed E-state index contributed by atoms with van der Waals surface area (Å²) in [4.78, 5) is 13.2. The number of halogens is 1. The molecule has 0 aromatic heterocycles. The molecule has 1 aromatic rings. The van der Waals surface area contributed by atoms with Gasteiger partial charge in [-0.3, -0.25) is 0 Å². The monoisotopic (exact) mass is 393 g/mol. The Morgan fingerprint density at radius 2 is 2.19 bits per heavy atom. The van der Waals surface area contributed by atoms with Crippen molar-refractivity contribution >= 4 is 17.9 Å². The molecule has 1 fully saturated rings. The SMILES string of the molecule is O=C(O)OC1=C(SCCCc2ccc(F)cc2)N(CC2CCCO2)CC=C1. The fourth-order valence-electron chi connectivity index (χ4n) is 3.22. The molecular weight excluding hydrogens is 369 g/mol. The summed E-state index contributed by atoms with van der Waals surface area (Å²) in [6.07, 6.45) is 6.34. The second kappa shape index (κ2) is 9.80. The number of carbonyl (C=O) groups is 1. The minimum Gasteiger partial charge on any atom is -0.449 e. The van der Waals surface area contributed by atoms with Crippen molar-refractivity contribution in [3.05, 3.63) is 58.6 Å². The number of hydrogen-bond donors (Lipinski definition) is 1. The standard InChI is InChI=1S/C20H24FNO4S/c21-16-9-7-15(8-10-16)4-3-13-27-19-18(26-20(23)24)6-1-11-22(19)14-17-5-2-12-25-17/h1,6-10,17H,2-5,11-14H2,(H,23,24). The lowest BCUT2D eigenvalue weighted by Gasteiger charge is -2.31. The van der Waals surface area contributed by atoms with Crippen molar-refractivity contribution in [3.63, 3.8) is 0 Å². The fourth-order valence-corrected chi connectivity index (χ4v) is 4.28. The topological polar surface area (TPSA) is 59.0 Å². The Kier molecular flexibility index (Phi) is 7.18. The highest BCUT2D eigenvalue weighted by Crippen LogP contribution is 2.31. The highest BCUT2D eigenvalue weighted by molar-refractivity contribution is 8.03. The zero-order valence-electron chi connectivity index (χ0n) is 15.1. The normalized spacial score (nSPS) is 19.6. The van der Waals surface area contributed by atoms with Crippen LogP contribution in [0.1, 0.15) is 24.8 Å². The van der Waals surface area contributed by atoms with E-state index in [2.05, 4.69) is 4.90 Å². The lowest BCUT2D eigenvalue weighted by Crippen LogP contribution is -2.33. The van der Waals surface area contributed by atoms with E-state index in [1.54, 1.807) is 30.0 Å². The molecule has 2 aliphatic rings. The molecule has 1 aromatic carbocycles. The zero-order valence-corrected chi connectivity index (χ0v) is 15.9. The second-order valence-corrected chi connectivity index (χ2v) is 7.64. The third-order valence-electron chi connectivity index (χ3n) is 4.50. The molecule has 0 saturated carbocycles. The van der Waals surface area contributed by atoms with Gasteiger partial charge < -0.3 is 19.5 Å². The number of nitrogens with zero attached hydrogens (tertiary/aromatic N) is 1. The molecule has 1 N–H and O–H groups in total. The molecule has 0 spiro atoms. The summed E-state index contributed by atoms with van der Waals surface area (Å²) < 4.78 is 23.7. The van der Waals surface area contributed by atoms with Gasteiger partial charge in [-0.25, -0.2) is 9.18 Å². The molecule has 5 nitrogen and oxygen atoms in total. The first kappa shape index (κ1) is 19.8. The third kappa shape index (κ3) is 6.01. The first-order valence-corrected chi connectivity index (χ1v) is 10.2. The average molecular weight is 393 g/mol. The molecule has 0 aliphatic carbocycles. The number of benzene rings is 1. The molecular formula is C20H24FNO4S. The van der Waals surface area contributed by atoms with Gasteiger partial charge in [-0.15, -0.1) is 11.8 Å². The lowest BCUT2D eigenvalue weighted by molar-refractivity contribution is 0.0850. The van der Waals surface area contributed by atoms with E-state index in [4.69, 9.17) is 14.6 Å². The van der Waals surface area contributed by atoms with Gasteiger partial charge in [0.1, 0.15) is 10.8 Å². The van der Waals surface area contributed by atoms with E-state index in [1.807, 2.05) is 6.08 Å². The molecule has 1 unspecified atom stereocenters. The molecule has 7 heteroatoms. The maximum Gasteiger partial charge on any atom is 0.511 e. The Balaban J connectivity index is 1.60. The Labute approximate surface area is 162 Å². The van der Waals surface area contributed by atoms with Gasteiger partial charge in [0.15, 0.2) is 5.76 Å². The Morgan fingerprint density at radius 1 is 1.37 bits per heavy atom. The van der Waals surface area contributed by atoms with E-state index in [9.17, 15) is 9.18 Å². The van der Waals surface area contributed by atoms with E-state index < -0.39 is 6.16 Å². The van der Waals surface area contributed by atoms with Crippen molar-refractivity contribution in [1.82, 2.24) is 4.90 Å². The average Bonchev–Trinajstić information content (AvgIpc) is 3.14. The van der Waals surface area contributed by atoms with E-state index in [0.717, 1.165) is 55.2 Å². The summed E-state index contributed by atoms with van der Waals surface area (Å²) in [6.45, 7) is 2.24. The molecule has 3 rings (SSSR count). The number of hydrogen-bond acceptors (Lipinski definition) is 5. The van der Waals surface area contributed by atoms with Crippen LogP contribution in [0.5, 0.6) is 0 Å². The quantitative estimate of drug-likeness (QED) is 0.522. The van der Waals surface area contributed by atoms with Crippen LogP contribution < -0.4 is 0 Å². The molecule has 0 radical (unpaired) electrons. The van der Waals surface area contributed by atoms with Gasteiger partial charge in [-0.1, -0.05) is 18.2 Å². The number of aryl methyl sites for hydroxylation is 1. The van der Waals surface area contributed by atoms with Crippen LogP contribution in [0.2, 0.25) is 0 Å². The van der Waals surface area contributed by atoms with E-state index in [1.165, 1.54) is 12.1 Å². The Morgan fingerprint density at radius 3 is 2.89 bits per heavy atom. The fraction of sp³-hybridized carbons (Fsp3) is 0.450. The number of allylic oxidation sites excluding steroid dienone is 1. The summed E-state index contributed by atoms with van der Waals surface area (Å²) in [7, 11) is 0. The van der Waals surface area contributed by atoms with Gasteiger partial charge in [0.25, 0.3) is 0 Å². The van der Waals surface area contributed by atoms with Crippen LogP contribution in [0.4, 0.5) is 9.18 Å². The van der Waals surface area contributed by atoms with Crippen LogP contribution in [0, 0.1) is 5.82 Å². The van der Waals surface area contributed by atoms with Crippen LogP contribution >= 0.6 is 11.8 Å². The molecule has 2 heterocycles. The van der Waals surface area contributed by atoms with Crippen LogP contribution in [0.3, 0.4) is 0 Å². The van der Waals surface area contributed by atoms with Crippen LogP contribution in [0.25, 0.3) is 0 Å². The summed E-state index contributed by atoms with van der Waals surface area (Å²) in [5, 5.41) is 9.87. The van der Waals surface area contributed by atoms with Gasteiger partial charge in [0.2, 0.25) is 0 Å². The molecule has 0 bridgehead atoms. The number of thioether (sulfide) groups is 1. The van der Waals surface area contributed by atoms with Crippen LogP contribution in [-0.2, 0) is 15.9 Å². The van der Waals surface area contributed by atoms with Crippen LogP contribution in [0.15, 0.2) is 47.2 Å². The lowest BCUT2D eigenvalue weighted by atomic mass is 10.1. The largest absolute Gasteiger partial charge is 0.511 e. The van der Waals surface area contributed by atoms with Crippen molar-refractivity contribution in [2.24, 2.45) is 0 Å². The smallest absolute Gasteiger partial charge is 0.449 e. The second-order valence-electron chi connectivity index (χ2n) is 6.56. The van der Waals surface area contributed by atoms with Gasteiger partial charge in [0.05, 0.1) is 6.10 Å². The summed E-state index contributed by atoms with van der Waals surface area (Å²) in [5.41, 5.74) is 1.09. The van der Waals surface area contributed by atoms with Crippen molar-refractivity contribution in [1.29, 1.82) is 0 Å². The molecule has 146 valence electrons. The minimum atomic E-state index is -1.31. The van der Waals surface area contributed by atoms with E-state index >= 15 is 0 Å². The third-order valence-corrected chi connectivity index (χ3v) is 5.73. The van der Waals surface area contributed by atoms with Crippen molar-refractivity contribution < 1.29 is 23.8 Å². The van der Waals surface area contributed by atoms with Gasteiger partial charge in [-0.05, 0) is 55.2 Å². The van der Waals surface area contributed by atoms with E-state index in [0.29, 0.717) is 12.3 Å². The summed E-state index contributed by atoms with van der Waals surface area (Å²) in [5.74, 6) is 0.959. The predicted octanol–water partition coefficient (Wildman–Crippen LogP) is 4.41. The maximum atomic E-state index is 13.0. The van der Waals surface area contributed by atoms with Gasteiger partial charge >= 0.3 is 6.16 Å². The first-order chi connectivity index (χ1) is 13.1. The van der Waals surface area contributed by atoms with Crippen molar-refractivity contribution in [2.75, 3.05) is 25.4 Å². The van der Waals surface area contributed by atoms with Crippen molar-refractivity contribution in [3.8, 4) is 0 Å². The van der Waals surface area contributed by atoms with Gasteiger partial charge in [0, 0.05) is 19.7 Å². The van der Waals surface area contributed by atoms with E-state index in [-0.39, 0.29) is 11.9 Å². The Bertz CT molecular complexity index is 698. The molecule has 27 heavy (non-hydrogen) atoms. The summed E-state index contributed by atoms with van der Waals surface area (Å²) in [6, 6.07) is 6.54. The highest BCUT2D eigenvalue weighted by atomic mass is 32.2. The van der Waals surface area contributed by atoms with Gasteiger partial charge in [-0.2, -0.15) is 0 Å². The zero-order chi connectivity index (χ0) is 19.1. The van der Waals surface area contributed by atoms with Crippen LogP contribution in [-0.4, -0.2) is 47.7 Å². The summed E-state index contributed by atoms with van der Waals surface area (Å²) >= 11 is 1.60. The molecule has 0 amide bonds.